The lowest BCUT2D eigenvalue weighted by molar-refractivity contribution is 0.214. The van der Waals surface area contributed by atoms with E-state index in [4.69, 9.17) is 9.47 Å². The van der Waals surface area contributed by atoms with Gasteiger partial charge in [-0.1, -0.05) is 45.0 Å². The topological polar surface area (TPSA) is 50.8 Å². The highest BCUT2D eigenvalue weighted by atomic mass is 32.2. The third-order valence-electron chi connectivity index (χ3n) is 4.86. The number of amides is 2. The minimum Gasteiger partial charge on any atom is -0.497 e. The molecule has 1 aliphatic rings. The summed E-state index contributed by atoms with van der Waals surface area (Å²) in [5.74, 6) is 2.17. The predicted molar refractivity (Wildman–Crippen MR) is 116 cm³/mol. The van der Waals surface area contributed by atoms with Crippen LogP contribution in [0.1, 0.15) is 37.3 Å². The molecule has 1 unspecified atom stereocenters. The van der Waals surface area contributed by atoms with Gasteiger partial charge in [0.15, 0.2) is 0 Å². The SMILES string of the molecule is COc1ccc(NC(=O)N2CCSC2c2ccc(C(C)(C)C)cc2)c(OC)c1. The van der Waals surface area contributed by atoms with E-state index < -0.39 is 0 Å². The summed E-state index contributed by atoms with van der Waals surface area (Å²) in [5.41, 5.74) is 3.18. The highest BCUT2D eigenvalue weighted by molar-refractivity contribution is 7.99. The molecule has 5 nitrogen and oxygen atoms in total. The molecule has 6 heteroatoms. The monoisotopic (exact) mass is 400 g/mol. The Morgan fingerprint density at radius 2 is 1.82 bits per heavy atom. The Kier molecular flexibility index (Phi) is 6.08. The van der Waals surface area contributed by atoms with Crippen LogP contribution in [-0.4, -0.2) is 37.4 Å². The van der Waals surface area contributed by atoms with Crippen LogP contribution >= 0.6 is 11.8 Å². The predicted octanol–water partition coefficient (Wildman–Crippen LogP) is 5.28. The number of thioether (sulfide) groups is 1. The van der Waals surface area contributed by atoms with Gasteiger partial charge in [-0.25, -0.2) is 4.79 Å². The van der Waals surface area contributed by atoms with E-state index in [-0.39, 0.29) is 16.8 Å². The summed E-state index contributed by atoms with van der Waals surface area (Å²) in [6.45, 7) is 7.32. The van der Waals surface area contributed by atoms with Crippen molar-refractivity contribution in [3.8, 4) is 11.5 Å². The lowest BCUT2D eigenvalue weighted by Gasteiger charge is -2.26. The zero-order valence-corrected chi connectivity index (χ0v) is 17.9. The molecule has 1 N–H and O–H groups in total. The number of hydrogen-bond acceptors (Lipinski definition) is 4. The summed E-state index contributed by atoms with van der Waals surface area (Å²) in [7, 11) is 3.18. The number of carbonyl (C=O) groups excluding carboxylic acids is 1. The number of nitrogens with one attached hydrogen (secondary N) is 1. The summed E-state index contributed by atoms with van der Waals surface area (Å²) < 4.78 is 10.6. The maximum atomic E-state index is 13.0. The van der Waals surface area contributed by atoms with Crippen LogP contribution in [0.15, 0.2) is 42.5 Å². The Balaban J connectivity index is 1.76. The van der Waals surface area contributed by atoms with E-state index in [1.807, 2.05) is 4.90 Å². The second-order valence-electron chi connectivity index (χ2n) is 7.78. The minimum atomic E-state index is -0.127. The molecule has 2 aromatic carbocycles. The molecule has 0 spiro atoms. The fourth-order valence-electron chi connectivity index (χ4n) is 3.19. The molecule has 150 valence electrons. The smallest absolute Gasteiger partial charge is 0.323 e. The first-order chi connectivity index (χ1) is 13.3. The van der Waals surface area contributed by atoms with Crippen LogP contribution in [0.5, 0.6) is 11.5 Å². The van der Waals surface area contributed by atoms with Crippen molar-refractivity contribution in [3.05, 3.63) is 53.6 Å². The van der Waals surface area contributed by atoms with Crippen LogP contribution in [0.4, 0.5) is 10.5 Å². The molecular formula is C22H28N2O3S. The average molecular weight is 401 g/mol. The zero-order chi connectivity index (χ0) is 20.3. The molecule has 0 radical (unpaired) electrons. The molecule has 2 amide bonds. The molecule has 1 aliphatic heterocycles. The number of hydrogen-bond donors (Lipinski definition) is 1. The number of anilines is 1. The van der Waals surface area contributed by atoms with Crippen molar-refractivity contribution in [2.45, 2.75) is 31.6 Å². The van der Waals surface area contributed by atoms with E-state index in [9.17, 15) is 4.79 Å². The largest absolute Gasteiger partial charge is 0.497 e. The van der Waals surface area contributed by atoms with Crippen molar-refractivity contribution in [3.63, 3.8) is 0 Å². The van der Waals surface area contributed by atoms with Gasteiger partial charge in [0.05, 0.1) is 19.9 Å². The van der Waals surface area contributed by atoms with Crippen molar-refractivity contribution in [2.75, 3.05) is 31.8 Å². The second-order valence-corrected chi connectivity index (χ2v) is 8.97. The van der Waals surface area contributed by atoms with Crippen molar-refractivity contribution in [1.82, 2.24) is 4.90 Å². The Bertz CT molecular complexity index is 831. The van der Waals surface area contributed by atoms with Crippen LogP contribution in [0.3, 0.4) is 0 Å². The molecule has 0 saturated carbocycles. The van der Waals surface area contributed by atoms with Gasteiger partial charge >= 0.3 is 6.03 Å². The third kappa shape index (κ3) is 4.38. The number of carbonyl (C=O) groups is 1. The van der Waals surface area contributed by atoms with Crippen molar-refractivity contribution in [2.24, 2.45) is 0 Å². The lowest BCUT2D eigenvalue weighted by atomic mass is 9.87. The lowest BCUT2D eigenvalue weighted by Crippen LogP contribution is -2.34. The van der Waals surface area contributed by atoms with Gasteiger partial charge in [0.1, 0.15) is 16.9 Å². The van der Waals surface area contributed by atoms with E-state index >= 15 is 0 Å². The summed E-state index contributed by atoms with van der Waals surface area (Å²) in [5, 5.41) is 3.00. The number of ether oxygens (including phenoxy) is 2. The molecule has 2 aromatic rings. The fraction of sp³-hybridized carbons (Fsp3) is 0.409. The molecule has 3 rings (SSSR count). The zero-order valence-electron chi connectivity index (χ0n) is 17.1. The number of methoxy groups -OCH3 is 2. The van der Waals surface area contributed by atoms with Gasteiger partial charge in [-0.3, -0.25) is 0 Å². The molecule has 28 heavy (non-hydrogen) atoms. The highest BCUT2D eigenvalue weighted by Gasteiger charge is 2.31. The molecule has 0 aromatic heterocycles. The van der Waals surface area contributed by atoms with E-state index in [2.05, 4.69) is 50.4 Å². The van der Waals surface area contributed by atoms with E-state index in [0.717, 1.165) is 11.3 Å². The van der Waals surface area contributed by atoms with E-state index in [1.165, 1.54) is 5.56 Å². The molecular weight excluding hydrogens is 372 g/mol. The summed E-state index contributed by atoms with van der Waals surface area (Å²) in [6.07, 6.45) is 0. The van der Waals surface area contributed by atoms with Crippen LogP contribution in [0.2, 0.25) is 0 Å². The highest BCUT2D eigenvalue weighted by Crippen LogP contribution is 2.39. The van der Waals surface area contributed by atoms with Crippen molar-refractivity contribution >= 4 is 23.5 Å². The molecule has 0 aliphatic carbocycles. The van der Waals surface area contributed by atoms with Gasteiger partial charge in [0.2, 0.25) is 0 Å². The maximum Gasteiger partial charge on any atom is 0.323 e. The van der Waals surface area contributed by atoms with Crippen LogP contribution in [0, 0.1) is 0 Å². The number of rotatable bonds is 4. The van der Waals surface area contributed by atoms with Gasteiger partial charge < -0.3 is 19.7 Å². The first-order valence-electron chi connectivity index (χ1n) is 9.35. The standard InChI is InChI=1S/C22H28N2O3S/c1-22(2,3)16-8-6-15(7-9-16)20-24(12-13-28-20)21(25)23-18-11-10-17(26-4)14-19(18)27-5/h6-11,14,20H,12-13H2,1-5H3,(H,23,25). The number of nitrogens with zero attached hydrogens (tertiary/aromatic N) is 1. The van der Waals surface area contributed by atoms with Crippen molar-refractivity contribution < 1.29 is 14.3 Å². The first-order valence-corrected chi connectivity index (χ1v) is 10.4. The first kappa shape index (κ1) is 20.4. The van der Waals surface area contributed by atoms with Crippen molar-refractivity contribution in [1.29, 1.82) is 0 Å². The van der Waals surface area contributed by atoms with Crippen LogP contribution in [-0.2, 0) is 5.41 Å². The second kappa shape index (κ2) is 8.35. The molecule has 1 saturated heterocycles. The van der Waals surface area contributed by atoms with Crippen LogP contribution in [0.25, 0.3) is 0 Å². The molecule has 0 bridgehead atoms. The Morgan fingerprint density at radius 1 is 1.11 bits per heavy atom. The summed E-state index contributed by atoms with van der Waals surface area (Å²) in [4.78, 5) is 14.8. The van der Waals surface area contributed by atoms with Gasteiger partial charge in [-0.05, 0) is 28.7 Å². The third-order valence-corrected chi connectivity index (χ3v) is 6.12. The molecule has 1 atom stereocenters. The number of benzene rings is 2. The van der Waals surface area contributed by atoms with E-state index in [1.54, 1.807) is 44.2 Å². The Morgan fingerprint density at radius 3 is 2.43 bits per heavy atom. The summed E-state index contributed by atoms with van der Waals surface area (Å²) >= 11 is 1.79. The molecule has 1 heterocycles. The summed E-state index contributed by atoms with van der Waals surface area (Å²) in [6, 6.07) is 13.8. The van der Waals surface area contributed by atoms with Gasteiger partial charge in [0.25, 0.3) is 0 Å². The molecule has 1 fully saturated rings. The van der Waals surface area contributed by atoms with Gasteiger partial charge in [-0.15, -0.1) is 11.8 Å². The van der Waals surface area contributed by atoms with Gasteiger partial charge in [-0.2, -0.15) is 0 Å². The fourth-order valence-corrected chi connectivity index (χ4v) is 4.45. The number of urea groups is 1. The van der Waals surface area contributed by atoms with E-state index in [0.29, 0.717) is 23.7 Å². The van der Waals surface area contributed by atoms with Crippen LogP contribution < -0.4 is 14.8 Å². The minimum absolute atomic E-state index is 0.0123. The Labute approximate surface area is 171 Å². The van der Waals surface area contributed by atoms with Gasteiger partial charge in [0, 0.05) is 18.4 Å². The maximum absolute atomic E-state index is 13.0. The normalized spacial score (nSPS) is 16.8. The average Bonchev–Trinajstić information content (AvgIpc) is 3.17. The quantitative estimate of drug-likeness (QED) is 0.758. The Hall–Kier alpha value is -2.34.